The molecule has 0 rings (SSSR count). The maximum absolute atomic E-state index is 10.9. The van der Waals surface area contributed by atoms with Crippen LogP contribution in [0.25, 0.3) is 0 Å². The molecule has 0 aromatic rings. The zero-order valence-corrected chi connectivity index (χ0v) is 7.41. The topological polar surface area (TPSA) is 52.5 Å². The summed E-state index contributed by atoms with van der Waals surface area (Å²) in [4.78, 5) is 0. The van der Waals surface area contributed by atoms with Gasteiger partial charge in [0, 0.05) is 0 Å². The van der Waals surface area contributed by atoms with Gasteiger partial charge in [-0.3, -0.25) is 0 Å². The first-order valence-electron chi connectivity index (χ1n) is 3.71. The predicted molar refractivity (Wildman–Crippen MR) is 42.8 cm³/mol. The van der Waals surface area contributed by atoms with Crippen LogP contribution in [-0.2, 0) is 4.74 Å². The molecule has 4 nitrogen and oxygen atoms in total. The number of rotatable bonds is 5. The predicted octanol–water partition coefficient (Wildman–Crippen LogP) is -0.0420. The Morgan fingerprint density at radius 1 is 1.55 bits per heavy atom. The number of aliphatic hydroxyl groups is 1. The Hall–Kier alpha value is -0.160. The lowest BCUT2D eigenvalue weighted by Crippen LogP contribution is -2.36. The fourth-order valence-electron chi connectivity index (χ4n) is 0.538. The number of nitrogens with zero attached hydrogens (tertiary/aromatic N) is 1. The van der Waals surface area contributed by atoms with E-state index in [1.54, 1.807) is 21.0 Å². The second-order valence-electron chi connectivity index (χ2n) is 3.22. The average Bonchev–Trinajstić information content (AvgIpc) is 1.78. The van der Waals surface area contributed by atoms with Gasteiger partial charge in [-0.2, -0.15) is 0 Å². The van der Waals surface area contributed by atoms with Crippen LogP contribution in [0.1, 0.15) is 6.92 Å². The van der Waals surface area contributed by atoms with Gasteiger partial charge >= 0.3 is 0 Å². The summed E-state index contributed by atoms with van der Waals surface area (Å²) in [6.45, 7) is 2.78. The molecule has 0 aromatic heterocycles. The van der Waals surface area contributed by atoms with Crippen molar-refractivity contribution in [3.8, 4) is 0 Å². The highest BCUT2D eigenvalue weighted by atomic mass is 16.5. The minimum Gasteiger partial charge on any atom is -0.633 e. The lowest BCUT2D eigenvalue weighted by Gasteiger charge is -2.33. The summed E-state index contributed by atoms with van der Waals surface area (Å²) in [7, 11) is 3.12. The van der Waals surface area contributed by atoms with Gasteiger partial charge in [0.1, 0.15) is 6.54 Å². The molecule has 0 aliphatic heterocycles. The first kappa shape index (κ1) is 10.8. The number of aliphatic hydroxyl groups excluding tert-OH is 1. The van der Waals surface area contributed by atoms with Crippen molar-refractivity contribution in [1.82, 2.24) is 0 Å². The Morgan fingerprint density at radius 3 is 2.45 bits per heavy atom. The van der Waals surface area contributed by atoms with Crippen LogP contribution >= 0.6 is 0 Å². The molecule has 4 heteroatoms. The summed E-state index contributed by atoms with van der Waals surface area (Å²) in [5.74, 6) is 0. The fourth-order valence-corrected chi connectivity index (χ4v) is 0.538. The number of hydrogen-bond donors (Lipinski definition) is 1. The highest BCUT2D eigenvalue weighted by Crippen LogP contribution is 1.91. The Bertz CT molecular complexity index is 98.3. The van der Waals surface area contributed by atoms with Crippen molar-refractivity contribution in [3.05, 3.63) is 5.21 Å². The zero-order valence-electron chi connectivity index (χ0n) is 7.41. The van der Waals surface area contributed by atoms with E-state index in [-0.39, 0.29) is 4.65 Å². The molecule has 11 heavy (non-hydrogen) atoms. The van der Waals surface area contributed by atoms with E-state index in [0.29, 0.717) is 19.8 Å². The molecule has 68 valence electrons. The first-order valence-corrected chi connectivity index (χ1v) is 3.71. The summed E-state index contributed by atoms with van der Waals surface area (Å²) < 4.78 is 4.66. The van der Waals surface area contributed by atoms with Crippen LogP contribution in [0.4, 0.5) is 0 Å². The van der Waals surface area contributed by atoms with Gasteiger partial charge in [-0.15, -0.1) is 0 Å². The lowest BCUT2D eigenvalue weighted by atomic mass is 10.4. The first-order chi connectivity index (χ1) is 4.92. The van der Waals surface area contributed by atoms with E-state index < -0.39 is 6.10 Å². The molecule has 0 saturated carbocycles. The summed E-state index contributed by atoms with van der Waals surface area (Å²) in [6.07, 6.45) is -0.447. The third kappa shape index (κ3) is 9.84. The van der Waals surface area contributed by atoms with E-state index in [4.69, 9.17) is 9.84 Å². The van der Waals surface area contributed by atoms with Crippen LogP contribution in [0, 0.1) is 5.21 Å². The number of likely N-dealkylation sites (N-methyl/N-ethyl adjacent to an activating group) is 1. The molecule has 0 amide bonds. The van der Waals surface area contributed by atoms with Gasteiger partial charge in [0.05, 0.1) is 33.4 Å². The van der Waals surface area contributed by atoms with Gasteiger partial charge in [-0.05, 0) is 6.92 Å². The second-order valence-corrected chi connectivity index (χ2v) is 3.22. The van der Waals surface area contributed by atoms with Crippen LogP contribution < -0.4 is 0 Å². The van der Waals surface area contributed by atoms with E-state index in [1.807, 2.05) is 0 Å². The van der Waals surface area contributed by atoms with Gasteiger partial charge in [0.2, 0.25) is 0 Å². The highest BCUT2D eigenvalue weighted by molar-refractivity contribution is 4.41. The van der Waals surface area contributed by atoms with Gasteiger partial charge in [-0.1, -0.05) is 0 Å². The summed E-state index contributed by atoms with van der Waals surface area (Å²) in [5.41, 5.74) is 0. The van der Waals surface area contributed by atoms with Crippen molar-refractivity contribution < 1.29 is 14.5 Å². The van der Waals surface area contributed by atoms with Crippen molar-refractivity contribution in [1.29, 1.82) is 0 Å². The van der Waals surface area contributed by atoms with Gasteiger partial charge in [0.25, 0.3) is 0 Å². The van der Waals surface area contributed by atoms with Crippen LogP contribution in [-0.4, -0.2) is 49.7 Å². The molecule has 1 unspecified atom stereocenters. The molecule has 0 aliphatic rings. The maximum atomic E-state index is 10.9. The highest BCUT2D eigenvalue weighted by Gasteiger charge is 2.01. The Balaban J connectivity index is 3.15. The molecule has 0 fully saturated rings. The minimum atomic E-state index is -0.447. The third-order valence-electron chi connectivity index (χ3n) is 1.13. The van der Waals surface area contributed by atoms with Gasteiger partial charge in [0.15, 0.2) is 0 Å². The normalized spacial score (nSPS) is 15.0. The van der Waals surface area contributed by atoms with Crippen molar-refractivity contribution in [2.75, 3.05) is 33.9 Å². The SMILES string of the molecule is CC(O)COCC[N+](C)(C)[O-]. The molecule has 1 N–H and O–H groups in total. The van der Waals surface area contributed by atoms with E-state index in [0.717, 1.165) is 0 Å². The Kier molecular flexibility index (Phi) is 4.60. The molecule has 1 atom stereocenters. The molecule has 0 saturated heterocycles. The van der Waals surface area contributed by atoms with E-state index in [2.05, 4.69) is 0 Å². The molecule has 0 radical (unpaired) electrons. The zero-order chi connectivity index (χ0) is 8.91. The smallest absolute Gasteiger partial charge is 0.102 e. The van der Waals surface area contributed by atoms with Crippen LogP contribution in [0.5, 0.6) is 0 Å². The lowest BCUT2D eigenvalue weighted by molar-refractivity contribution is -0.840. The molecule has 0 spiro atoms. The largest absolute Gasteiger partial charge is 0.633 e. The summed E-state index contributed by atoms with van der Waals surface area (Å²) in [5, 5.41) is 19.7. The molecular formula is C7H17NO3. The summed E-state index contributed by atoms with van der Waals surface area (Å²) >= 11 is 0. The fraction of sp³-hybridized carbons (Fsp3) is 1.00. The van der Waals surface area contributed by atoms with Crippen LogP contribution in [0.2, 0.25) is 0 Å². The quantitative estimate of drug-likeness (QED) is 0.351. The van der Waals surface area contributed by atoms with E-state index in [9.17, 15) is 5.21 Å². The van der Waals surface area contributed by atoms with Crippen molar-refractivity contribution in [3.63, 3.8) is 0 Å². The van der Waals surface area contributed by atoms with Crippen LogP contribution in [0.15, 0.2) is 0 Å². The second kappa shape index (κ2) is 4.66. The molecule has 0 aromatic carbocycles. The Labute approximate surface area is 67.6 Å². The number of hydroxylamine groups is 3. The minimum absolute atomic E-state index is 0.306. The van der Waals surface area contributed by atoms with Gasteiger partial charge in [-0.25, -0.2) is 0 Å². The van der Waals surface area contributed by atoms with Crippen LogP contribution in [0.3, 0.4) is 0 Å². The number of hydrogen-bond acceptors (Lipinski definition) is 3. The van der Waals surface area contributed by atoms with Crippen molar-refractivity contribution >= 4 is 0 Å². The number of quaternary nitrogens is 1. The molecule has 0 bridgehead atoms. The maximum Gasteiger partial charge on any atom is 0.102 e. The molecule has 0 aliphatic carbocycles. The van der Waals surface area contributed by atoms with Crippen molar-refractivity contribution in [2.45, 2.75) is 13.0 Å². The van der Waals surface area contributed by atoms with Gasteiger partial charge < -0.3 is 19.7 Å². The third-order valence-corrected chi connectivity index (χ3v) is 1.13. The molecular weight excluding hydrogens is 146 g/mol. The number of ether oxygens (including phenoxy) is 1. The average molecular weight is 163 g/mol. The Morgan fingerprint density at radius 2 is 2.09 bits per heavy atom. The molecule has 0 heterocycles. The van der Waals surface area contributed by atoms with E-state index >= 15 is 0 Å². The van der Waals surface area contributed by atoms with E-state index in [1.165, 1.54) is 0 Å². The van der Waals surface area contributed by atoms with Crippen molar-refractivity contribution in [2.24, 2.45) is 0 Å². The summed E-state index contributed by atoms with van der Waals surface area (Å²) in [6, 6.07) is 0. The standard InChI is InChI=1S/C7H17NO3/c1-7(9)6-11-5-4-8(2,3)10/h7,9H,4-6H2,1-3H3. The monoisotopic (exact) mass is 163 g/mol.